The fourth-order valence-corrected chi connectivity index (χ4v) is 2.83. The Morgan fingerprint density at radius 2 is 2.06 bits per heavy atom. The van der Waals surface area contributed by atoms with Crippen molar-refractivity contribution >= 4 is 11.3 Å². The zero-order valence-corrected chi connectivity index (χ0v) is 12.5. The molecule has 1 N–H and O–H groups in total. The molecule has 0 amide bonds. The van der Waals surface area contributed by atoms with E-state index in [4.69, 9.17) is 4.98 Å². The van der Waals surface area contributed by atoms with Crippen LogP contribution in [0.5, 0.6) is 0 Å². The maximum Gasteiger partial charge on any atom is 0.107 e. The van der Waals surface area contributed by atoms with Crippen molar-refractivity contribution in [3.63, 3.8) is 0 Å². The largest absolute Gasteiger partial charge is 0.310 e. The third-order valence-corrected chi connectivity index (χ3v) is 3.51. The first kappa shape index (κ1) is 14.6. The van der Waals surface area contributed by atoms with Crippen LogP contribution in [0.15, 0.2) is 0 Å². The van der Waals surface area contributed by atoms with Gasteiger partial charge in [0.05, 0.1) is 5.69 Å². The monoisotopic (exact) mass is 255 g/mol. The summed E-state index contributed by atoms with van der Waals surface area (Å²) in [5, 5.41) is 4.72. The third-order valence-electron chi connectivity index (χ3n) is 2.43. The molecule has 17 heavy (non-hydrogen) atoms. The van der Waals surface area contributed by atoms with Crippen molar-refractivity contribution in [3.8, 4) is 0 Å². The molecule has 0 saturated heterocycles. The second-order valence-electron chi connectivity index (χ2n) is 5.00. The van der Waals surface area contributed by atoms with Gasteiger partial charge >= 0.3 is 0 Å². The summed E-state index contributed by atoms with van der Waals surface area (Å²) < 4.78 is 0. The van der Waals surface area contributed by atoms with Gasteiger partial charge < -0.3 is 10.2 Å². The van der Waals surface area contributed by atoms with Crippen LogP contribution in [0.1, 0.15) is 42.8 Å². The molecule has 0 atom stereocenters. The van der Waals surface area contributed by atoms with Crippen molar-refractivity contribution in [2.45, 2.75) is 52.7 Å². The predicted octanol–water partition coefficient (Wildman–Crippen LogP) is 2.66. The highest BCUT2D eigenvalue weighted by molar-refractivity contribution is 7.11. The van der Waals surface area contributed by atoms with Gasteiger partial charge in [-0.15, -0.1) is 11.3 Å². The molecule has 1 heterocycles. The highest BCUT2D eigenvalue weighted by atomic mass is 32.1. The second-order valence-corrected chi connectivity index (χ2v) is 6.17. The molecule has 0 aromatic carbocycles. The lowest BCUT2D eigenvalue weighted by Crippen LogP contribution is -2.21. The van der Waals surface area contributed by atoms with E-state index < -0.39 is 0 Å². The molecule has 0 unspecified atom stereocenters. The zero-order chi connectivity index (χ0) is 12.8. The molecular weight excluding hydrogens is 230 g/mol. The number of hydrogen-bond acceptors (Lipinski definition) is 4. The molecule has 1 aromatic heterocycles. The van der Waals surface area contributed by atoms with Gasteiger partial charge in [0.1, 0.15) is 5.01 Å². The van der Waals surface area contributed by atoms with Gasteiger partial charge in [0.25, 0.3) is 0 Å². The fraction of sp³-hybridized carbons (Fsp3) is 0.769. The van der Waals surface area contributed by atoms with Gasteiger partial charge in [-0.2, -0.15) is 0 Å². The lowest BCUT2D eigenvalue weighted by atomic mass is 10.2. The smallest absolute Gasteiger partial charge is 0.107 e. The standard InChI is InChI=1S/C13H25N3S/c1-6-7-11-12(8-14-10(2)3)17-13(15-11)9-16(4)5/h10,14H,6-9H2,1-5H3. The maximum absolute atomic E-state index is 4.75. The van der Waals surface area contributed by atoms with Gasteiger partial charge in [0.15, 0.2) is 0 Å². The highest BCUT2D eigenvalue weighted by Crippen LogP contribution is 2.21. The Balaban J connectivity index is 2.73. The van der Waals surface area contributed by atoms with Crippen molar-refractivity contribution in [2.24, 2.45) is 0 Å². The Kier molecular flexibility index (Phi) is 6.09. The molecule has 1 aromatic rings. The van der Waals surface area contributed by atoms with E-state index in [2.05, 4.69) is 45.1 Å². The molecule has 98 valence electrons. The summed E-state index contributed by atoms with van der Waals surface area (Å²) in [5.74, 6) is 0. The first-order valence-corrected chi connectivity index (χ1v) is 7.20. The summed E-state index contributed by atoms with van der Waals surface area (Å²) in [5.41, 5.74) is 1.29. The first-order valence-electron chi connectivity index (χ1n) is 6.38. The van der Waals surface area contributed by atoms with E-state index in [0.29, 0.717) is 6.04 Å². The van der Waals surface area contributed by atoms with Crippen molar-refractivity contribution in [2.75, 3.05) is 14.1 Å². The Morgan fingerprint density at radius 3 is 2.59 bits per heavy atom. The van der Waals surface area contributed by atoms with Gasteiger partial charge in [-0.25, -0.2) is 4.98 Å². The number of nitrogens with one attached hydrogen (secondary N) is 1. The van der Waals surface area contributed by atoms with Crippen LogP contribution in [-0.2, 0) is 19.5 Å². The Morgan fingerprint density at radius 1 is 1.35 bits per heavy atom. The maximum atomic E-state index is 4.75. The number of thiazole rings is 1. The van der Waals surface area contributed by atoms with E-state index in [-0.39, 0.29) is 0 Å². The highest BCUT2D eigenvalue weighted by Gasteiger charge is 2.11. The average Bonchev–Trinajstić information content (AvgIpc) is 2.57. The van der Waals surface area contributed by atoms with Crippen LogP contribution >= 0.6 is 11.3 Å². The van der Waals surface area contributed by atoms with Gasteiger partial charge in [0, 0.05) is 24.0 Å². The van der Waals surface area contributed by atoms with Crippen molar-refractivity contribution in [1.82, 2.24) is 15.2 Å². The van der Waals surface area contributed by atoms with E-state index in [1.54, 1.807) is 0 Å². The molecule has 0 aliphatic heterocycles. The lowest BCUT2D eigenvalue weighted by molar-refractivity contribution is 0.401. The van der Waals surface area contributed by atoms with Gasteiger partial charge in [0.2, 0.25) is 0 Å². The van der Waals surface area contributed by atoms with Gasteiger partial charge in [-0.1, -0.05) is 27.2 Å². The first-order chi connectivity index (χ1) is 8.02. The molecule has 0 aliphatic carbocycles. The van der Waals surface area contributed by atoms with Crippen LogP contribution in [0, 0.1) is 0 Å². The molecule has 0 fully saturated rings. The van der Waals surface area contributed by atoms with Crippen LogP contribution in [0.25, 0.3) is 0 Å². The predicted molar refractivity (Wildman–Crippen MR) is 75.5 cm³/mol. The van der Waals surface area contributed by atoms with Crippen LogP contribution in [0.4, 0.5) is 0 Å². The summed E-state index contributed by atoms with van der Waals surface area (Å²) in [6.07, 6.45) is 2.26. The molecule has 4 heteroatoms. The number of aryl methyl sites for hydroxylation is 1. The van der Waals surface area contributed by atoms with Gasteiger partial charge in [-0.05, 0) is 20.5 Å². The minimum absolute atomic E-state index is 0.531. The lowest BCUT2D eigenvalue weighted by Gasteiger charge is -2.07. The van der Waals surface area contributed by atoms with E-state index >= 15 is 0 Å². The minimum atomic E-state index is 0.531. The topological polar surface area (TPSA) is 28.2 Å². The average molecular weight is 255 g/mol. The van der Waals surface area contributed by atoms with Gasteiger partial charge in [-0.3, -0.25) is 0 Å². The molecule has 0 saturated carbocycles. The van der Waals surface area contributed by atoms with E-state index in [1.807, 2.05) is 11.3 Å². The van der Waals surface area contributed by atoms with Crippen LogP contribution in [0.3, 0.4) is 0 Å². The zero-order valence-electron chi connectivity index (χ0n) is 11.7. The number of nitrogens with zero attached hydrogens (tertiary/aromatic N) is 2. The van der Waals surface area contributed by atoms with Crippen molar-refractivity contribution < 1.29 is 0 Å². The molecule has 3 nitrogen and oxygen atoms in total. The normalized spacial score (nSPS) is 11.7. The van der Waals surface area contributed by atoms with Crippen LogP contribution < -0.4 is 5.32 Å². The summed E-state index contributed by atoms with van der Waals surface area (Å²) in [7, 11) is 4.18. The number of aromatic nitrogens is 1. The Bertz CT molecular complexity index is 331. The van der Waals surface area contributed by atoms with E-state index in [9.17, 15) is 0 Å². The summed E-state index contributed by atoms with van der Waals surface area (Å²) in [6, 6.07) is 0.531. The fourth-order valence-electron chi connectivity index (χ4n) is 1.64. The van der Waals surface area contributed by atoms with Crippen LogP contribution in [-0.4, -0.2) is 30.0 Å². The second kappa shape index (κ2) is 7.09. The quantitative estimate of drug-likeness (QED) is 0.812. The molecule has 0 bridgehead atoms. The third kappa shape index (κ3) is 5.15. The van der Waals surface area contributed by atoms with E-state index in [0.717, 1.165) is 19.5 Å². The van der Waals surface area contributed by atoms with Crippen LogP contribution in [0.2, 0.25) is 0 Å². The molecule has 0 spiro atoms. The van der Waals surface area contributed by atoms with E-state index in [1.165, 1.54) is 22.0 Å². The number of rotatable bonds is 7. The summed E-state index contributed by atoms with van der Waals surface area (Å²) in [4.78, 5) is 8.34. The molecule has 0 aliphatic rings. The molecule has 0 radical (unpaired) electrons. The van der Waals surface area contributed by atoms with Crippen molar-refractivity contribution in [3.05, 3.63) is 15.6 Å². The molecule has 1 rings (SSSR count). The Hall–Kier alpha value is -0.450. The number of hydrogen-bond donors (Lipinski definition) is 1. The summed E-state index contributed by atoms with van der Waals surface area (Å²) >= 11 is 1.85. The van der Waals surface area contributed by atoms with Crippen molar-refractivity contribution in [1.29, 1.82) is 0 Å². The molecular formula is C13H25N3S. The minimum Gasteiger partial charge on any atom is -0.310 e. The summed E-state index contributed by atoms with van der Waals surface area (Å²) in [6.45, 7) is 8.48. The Labute approximate surface area is 109 Å². The SMILES string of the molecule is CCCc1nc(CN(C)C)sc1CNC(C)C.